The normalized spacial score (nSPS) is 11.7. The number of aliphatic carboxylic acids is 1. The first-order valence-electron chi connectivity index (χ1n) is 6.77. The summed E-state index contributed by atoms with van der Waals surface area (Å²) < 4.78 is 5.23. The van der Waals surface area contributed by atoms with Gasteiger partial charge in [0.15, 0.2) is 0 Å². The van der Waals surface area contributed by atoms with Gasteiger partial charge in [-0.2, -0.15) is 16.3 Å². The van der Waals surface area contributed by atoms with Crippen LogP contribution in [-0.4, -0.2) is 21.2 Å². The molecule has 0 fully saturated rings. The van der Waals surface area contributed by atoms with E-state index < -0.39 is 5.97 Å². The Morgan fingerprint density at radius 1 is 1.29 bits per heavy atom. The molecule has 0 amide bonds. The number of carboxylic acids is 1. The molecule has 8 heteroatoms. The van der Waals surface area contributed by atoms with E-state index in [0.29, 0.717) is 27.0 Å². The Morgan fingerprint density at radius 2 is 2.04 bits per heavy atom. The number of rotatable bonds is 5. The van der Waals surface area contributed by atoms with Crippen LogP contribution in [0.4, 0.5) is 0 Å². The fraction of sp³-hybridized carbons (Fsp3) is 0.0625. The van der Waals surface area contributed by atoms with Crippen LogP contribution in [0.1, 0.15) is 17.9 Å². The Labute approximate surface area is 151 Å². The lowest BCUT2D eigenvalue weighted by Gasteiger charge is -2.04. The van der Waals surface area contributed by atoms with Crippen molar-refractivity contribution < 1.29 is 14.4 Å². The maximum atomic E-state index is 11.2. The van der Waals surface area contributed by atoms with Crippen LogP contribution in [0.3, 0.4) is 0 Å². The molecule has 24 heavy (non-hydrogen) atoms. The van der Waals surface area contributed by atoms with Crippen LogP contribution in [0.25, 0.3) is 23.0 Å². The molecule has 1 N–H and O–H groups in total. The number of benzene rings is 1. The van der Waals surface area contributed by atoms with Crippen molar-refractivity contribution in [2.75, 3.05) is 0 Å². The average Bonchev–Trinajstić information content (AvgIpc) is 3.19. The van der Waals surface area contributed by atoms with Gasteiger partial charge in [0, 0.05) is 32.1 Å². The zero-order chi connectivity index (χ0) is 17.1. The van der Waals surface area contributed by atoms with Crippen molar-refractivity contribution in [3.05, 3.63) is 56.5 Å². The lowest BCUT2D eigenvalue weighted by Crippen LogP contribution is -1.98. The first-order valence-corrected chi connectivity index (χ1v) is 8.47. The zero-order valence-corrected chi connectivity index (χ0v) is 14.4. The molecule has 0 bridgehead atoms. The van der Waals surface area contributed by atoms with Gasteiger partial charge in [-0.3, -0.25) is 4.79 Å². The molecule has 0 saturated carbocycles. The molecule has 0 spiro atoms. The molecule has 3 aromatic rings. The van der Waals surface area contributed by atoms with E-state index in [-0.39, 0.29) is 12.3 Å². The van der Waals surface area contributed by atoms with Crippen molar-refractivity contribution in [1.29, 1.82) is 0 Å². The Bertz CT molecular complexity index is 884. The van der Waals surface area contributed by atoms with Gasteiger partial charge in [0.1, 0.15) is 0 Å². The molecular formula is C16H10Cl2N2O3S. The predicted octanol–water partition coefficient (Wildman–Crippen LogP) is 5.12. The molecule has 2 aromatic heterocycles. The van der Waals surface area contributed by atoms with Crippen molar-refractivity contribution in [1.82, 2.24) is 10.1 Å². The van der Waals surface area contributed by atoms with Gasteiger partial charge in [-0.05, 0) is 29.7 Å². The third-order valence-corrected chi connectivity index (χ3v) is 4.48. The molecule has 3 rings (SSSR count). The first-order chi connectivity index (χ1) is 11.5. The highest BCUT2D eigenvalue weighted by Crippen LogP contribution is 2.30. The van der Waals surface area contributed by atoms with Gasteiger partial charge in [0.05, 0.1) is 6.42 Å². The predicted molar refractivity (Wildman–Crippen MR) is 94.2 cm³/mol. The first kappa shape index (κ1) is 16.7. The second-order valence-electron chi connectivity index (χ2n) is 4.81. The fourth-order valence-corrected chi connectivity index (χ4v) is 3.18. The lowest BCUT2D eigenvalue weighted by atomic mass is 10.1. The van der Waals surface area contributed by atoms with E-state index >= 15 is 0 Å². The highest BCUT2D eigenvalue weighted by atomic mass is 35.5. The average molecular weight is 381 g/mol. The topological polar surface area (TPSA) is 76.2 Å². The Hall–Kier alpha value is -2.15. The van der Waals surface area contributed by atoms with Crippen LogP contribution in [0, 0.1) is 0 Å². The van der Waals surface area contributed by atoms with E-state index in [4.69, 9.17) is 32.8 Å². The molecule has 0 radical (unpaired) electrons. The van der Waals surface area contributed by atoms with Crippen LogP contribution in [0.2, 0.25) is 10.0 Å². The van der Waals surface area contributed by atoms with Gasteiger partial charge in [0.2, 0.25) is 5.82 Å². The SMILES string of the molecule is O=C(O)C/C(=C\c1c(Cl)cccc1Cl)c1nc(-c2ccsc2)no1. The van der Waals surface area contributed by atoms with Crippen LogP contribution < -0.4 is 0 Å². The highest BCUT2D eigenvalue weighted by molar-refractivity contribution is 7.08. The Balaban J connectivity index is 2.04. The molecule has 0 unspecified atom stereocenters. The summed E-state index contributed by atoms with van der Waals surface area (Å²) in [6.45, 7) is 0. The molecule has 0 aliphatic heterocycles. The number of nitrogens with zero attached hydrogens (tertiary/aromatic N) is 2. The summed E-state index contributed by atoms with van der Waals surface area (Å²) in [7, 11) is 0. The van der Waals surface area contributed by atoms with Crippen LogP contribution in [-0.2, 0) is 4.79 Å². The number of hydrogen-bond acceptors (Lipinski definition) is 5. The summed E-state index contributed by atoms with van der Waals surface area (Å²) in [5.74, 6) is -0.512. The van der Waals surface area contributed by atoms with Gasteiger partial charge < -0.3 is 9.63 Å². The van der Waals surface area contributed by atoms with Crippen molar-refractivity contribution in [3.8, 4) is 11.4 Å². The van der Waals surface area contributed by atoms with E-state index in [2.05, 4.69) is 10.1 Å². The molecule has 0 aliphatic rings. The van der Waals surface area contributed by atoms with Gasteiger partial charge in [-0.15, -0.1) is 0 Å². The lowest BCUT2D eigenvalue weighted by molar-refractivity contribution is -0.135. The van der Waals surface area contributed by atoms with Crippen LogP contribution in [0.15, 0.2) is 39.5 Å². The van der Waals surface area contributed by atoms with Crippen molar-refractivity contribution >= 4 is 52.2 Å². The minimum atomic E-state index is -1.03. The maximum Gasteiger partial charge on any atom is 0.308 e. The second kappa shape index (κ2) is 7.17. The Morgan fingerprint density at radius 3 is 2.67 bits per heavy atom. The smallest absolute Gasteiger partial charge is 0.308 e. The highest BCUT2D eigenvalue weighted by Gasteiger charge is 2.17. The van der Waals surface area contributed by atoms with Crippen molar-refractivity contribution in [2.24, 2.45) is 0 Å². The summed E-state index contributed by atoms with van der Waals surface area (Å²) in [5, 5.41) is 17.6. The molecule has 0 saturated heterocycles. The molecule has 122 valence electrons. The Kier molecular flexibility index (Phi) is 4.99. The minimum Gasteiger partial charge on any atom is -0.481 e. The van der Waals surface area contributed by atoms with E-state index in [1.165, 1.54) is 11.3 Å². The number of thiophene rings is 1. The van der Waals surface area contributed by atoms with Gasteiger partial charge in [-0.1, -0.05) is 34.4 Å². The van der Waals surface area contributed by atoms with E-state index in [0.717, 1.165) is 5.56 Å². The molecular weight excluding hydrogens is 371 g/mol. The third-order valence-electron chi connectivity index (χ3n) is 3.14. The molecule has 5 nitrogen and oxygen atoms in total. The van der Waals surface area contributed by atoms with Gasteiger partial charge in [-0.25, -0.2) is 0 Å². The van der Waals surface area contributed by atoms with Crippen molar-refractivity contribution in [3.63, 3.8) is 0 Å². The molecule has 0 aliphatic carbocycles. The van der Waals surface area contributed by atoms with Gasteiger partial charge in [0.25, 0.3) is 5.89 Å². The number of carbonyl (C=O) groups is 1. The minimum absolute atomic E-state index is 0.120. The van der Waals surface area contributed by atoms with E-state index in [9.17, 15) is 4.79 Å². The van der Waals surface area contributed by atoms with Crippen LogP contribution >= 0.6 is 34.5 Å². The fourth-order valence-electron chi connectivity index (χ4n) is 2.04. The number of hydrogen-bond donors (Lipinski definition) is 1. The van der Waals surface area contributed by atoms with Crippen LogP contribution in [0.5, 0.6) is 0 Å². The summed E-state index contributed by atoms with van der Waals surface area (Å²) in [5.41, 5.74) is 1.64. The standard InChI is InChI=1S/C16H10Cl2N2O3S/c17-12-2-1-3-13(18)11(12)6-10(7-14(21)22)16-19-15(20-23-16)9-4-5-24-8-9/h1-6,8H,7H2,(H,21,22)/b10-6+. The maximum absolute atomic E-state index is 11.2. The van der Waals surface area contributed by atoms with Gasteiger partial charge >= 0.3 is 5.97 Å². The molecule has 0 atom stereocenters. The molecule has 2 heterocycles. The summed E-state index contributed by atoms with van der Waals surface area (Å²) >= 11 is 13.8. The van der Waals surface area contributed by atoms with E-state index in [1.807, 2.05) is 16.8 Å². The van der Waals surface area contributed by atoms with E-state index in [1.54, 1.807) is 24.3 Å². The summed E-state index contributed by atoms with van der Waals surface area (Å²) in [6.07, 6.45) is 1.26. The monoisotopic (exact) mass is 380 g/mol. The zero-order valence-electron chi connectivity index (χ0n) is 12.1. The molecule has 1 aromatic carbocycles. The largest absolute Gasteiger partial charge is 0.481 e. The second-order valence-corrected chi connectivity index (χ2v) is 6.41. The number of carboxylic acid groups (broad SMARTS) is 1. The quantitative estimate of drug-likeness (QED) is 0.664. The summed E-state index contributed by atoms with van der Waals surface area (Å²) in [6, 6.07) is 6.90. The summed E-state index contributed by atoms with van der Waals surface area (Å²) in [4.78, 5) is 15.5. The number of aromatic nitrogens is 2. The number of halogens is 2. The van der Waals surface area contributed by atoms with Crippen molar-refractivity contribution in [2.45, 2.75) is 6.42 Å². The third kappa shape index (κ3) is 3.67.